The molecule has 3 aromatic rings. The van der Waals surface area contributed by atoms with E-state index in [1.807, 2.05) is 73.7 Å². The summed E-state index contributed by atoms with van der Waals surface area (Å²) >= 11 is 4.50. The first kappa shape index (κ1) is 24.0. The highest BCUT2D eigenvalue weighted by atomic mass is 32.1. The maximum Gasteiger partial charge on any atom is 0.335 e. The van der Waals surface area contributed by atoms with Gasteiger partial charge in [0.25, 0.3) is 0 Å². The summed E-state index contributed by atoms with van der Waals surface area (Å²) in [6, 6.07) is 21.0. The summed E-state index contributed by atoms with van der Waals surface area (Å²) in [5.74, 6) is 1.27. The Morgan fingerprint density at radius 1 is 1.12 bits per heavy atom. The van der Waals surface area contributed by atoms with Crippen LogP contribution < -0.4 is 13.8 Å². The van der Waals surface area contributed by atoms with E-state index in [0.717, 1.165) is 22.3 Å². The topological polar surface area (TPSA) is 62.2 Å². The van der Waals surface area contributed by atoms with E-state index in [0.29, 0.717) is 43.2 Å². The molecule has 7 heteroatoms. The number of amides is 2. The summed E-state index contributed by atoms with van der Waals surface area (Å²) in [7, 11) is 1.63. The standard InChI is InChI=1S/C27H30N2O4S/c1-19-8-10-22(11-9-19)29(34)27(31)28-14-12-21-16-25(32-2)26(17-23(21)24(28)13-15-30)33-18-20-6-4-3-5-7-20/h3-11,16-17,24,30,34H,12-15,18H2,1-2H3. The molecule has 0 saturated carbocycles. The summed E-state index contributed by atoms with van der Waals surface area (Å²) in [4.78, 5) is 15.2. The molecule has 0 aromatic heterocycles. The van der Waals surface area contributed by atoms with Gasteiger partial charge in [-0.2, -0.15) is 0 Å². The van der Waals surface area contributed by atoms with Gasteiger partial charge in [-0.15, -0.1) is 0 Å². The maximum atomic E-state index is 13.4. The number of benzene rings is 3. The number of carbonyl (C=O) groups excluding carboxylic acids is 1. The molecule has 0 bridgehead atoms. The predicted molar refractivity (Wildman–Crippen MR) is 137 cm³/mol. The molecular formula is C27H30N2O4S. The van der Waals surface area contributed by atoms with E-state index in [-0.39, 0.29) is 18.7 Å². The van der Waals surface area contributed by atoms with E-state index < -0.39 is 0 Å². The van der Waals surface area contributed by atoms with Crippen LogP contribution in [0.5, 0.6) is 11.5 Å². The third-order valence-electron chi connectivity index (χ3n) is 6.13. The van der Waals surface area contributed by atoms with Crippen LogP contribution >= 0.6 is 12.8 Å². The third-order valence-corrected chi connectivity index (χ3v) is 6.53. The molecule has 1 N–H and O–H groups in total. The fourth-order valence-electron chi connectivity index (χ4n) is 4.30. The normalized spacial score (nSPS) is 14.9. The van der Waals surface area contributed by atoms with Crippen molar-refractivity contribution in [1.29, 1.82) is 0 Å². The summed E-state index contributed by atoms with van der Waals surface area (Å²) in [5, 5.41) is 9.83. The van der Waals surface area contributed by atoms with Crippen LogP contribution in [0, 0.1) is 6.92 Å². The van der Waals surface area contributed by atoms with Gasteiger partial charge < -0.3 is 19.5 Å². The third kappa shape index (κ3) is 5.16. The van der Waals surface area contributed by atoms with Crippen LogP contribution in [0.15, 0.2) is 66.7 Å². The molecule has 6 nitrogen and oxygen atoms in total. The van der Waals surface area contributed by atoms with E-state index in [1.165, 1.54) is 4.31 Å². The van der Waals surface area contributed by atoms with Crippen LogP contribution in [-0.4, -0.2) is 36.3 Å². The first-order valence-electron chi connectivity index (χ1n) is 11.4. The van der Waals surface area contributed by atoms with Gasteiger partial charge in [-0.05, 0) is 60.7 Å². The second-order valence-corrected chi connectivity index (χ2v) is 8.78. The average Bonchev–Trinajstić information content (AvgIpc) is 2.87. The van der Waals surface area contributed by atoms with E-state index in [2.05, 4.69) is 12.8 Å². The number of nitrogens with zero attached hydrogens (tertiary/aromatic N) is 2. The highest BCUT2D eigenvalue weighted by molar-refractivity contribution is 7.82. The van der Waals surface area contributed by atoms with Crippen molar-refractivity contribution in [3.63, 3.8) is 0 Å². The molecule has 178 valence electrons. The Morgan fingerprint density at radius 2 is 1.85 bits per heavy atom. The SMILES string of the molecule is COc1cc2c(cc1OCc1ccccc1)C(CCO)N(C(=O)N(S)c1ccc(C)cc1)CC2. The van der Waals surface area contributed by atoms with Crippen molar-refractivity contribution in [2.75, 3.05) is 24.6 Å². The van der Waals surface area contributed by atoms with Gasteiger partial charge >= 0.3 is 6.03 Å². The van der Waals surface area contributed by atoms with Crippen molar-refractivity contribution in [3.8, 4) is 11.5 Å². The highest BCUT2D eigenvalue weighted by Gasteiger charge is 2.34. The van der Waals surface area contributed by atoms with E-state index >= 15 is 0 Å². The zero-order valence-corrected chi connectivity index (χ0v) is 20.4. The number of thiol groups is 1. The lowest BCUT2D eigenvalue weighted by atomic mass is 9.90. The number of hydrogen-bond donors (Lipinski definition) is 2. The molecule has 0 aliphatic carbocycles. The van der Waals surface area contributed by atoms with Crippen LogP contribution in [0.2, 0.25) is 0 Å². The van der Waals surface area contributed by atoms with Gasteiger partial charge in [-0.1, -0.05) is 60.8 Å². The van der Waals surface area contributed by atoms with Gasteiger partial charge in [0.15, 0.2) is 11.5 Å². The Labute approximate surface area is 206 Å². The van der Waals surface area contributed by atoms with Crippen LogP contribution in [0.1, 0.15) is 34.7 Å². The zero-order chi connectivity index (χ0) is 24.1. The number of ether oxygens (including phenoxy) is 2. The smallest absolute Gasteiger partial charge is 0.335 e. The Balaban J connectivity index is 1.62. The van der Waals surface area contributed by atoms with Crippen molar-refractivity contribution in [2.45, 2.75) is 32.4 Å². The zero-order valence-electron chi connectivity index (χ0n) is 19.5. The van der Waals surface area contributed by atoms with Crippen molar-refractivity contribution in [1.82, 2.24) is 4.90 Å². The Hall–Kier alpha value is -3.16. The first-order chi connectivity index (χ1) is 16.5. The molecule has 1 aliphatic rings. The number of methoxy groups -OCH3 is 1. The van der Waals surface area contributed by atoms with Crippen LogP contribution in [-0.2, 0) is 13.0 Å². The minimum atomic E-state index is -0.300. The molecule has 2 amide bonds. The largest absolute Gasteiger partial charge is 0.493 e. The highest BCUT2D eigenvalue weighted by Crippen LogP contribution is 2.40. The number of urea groups is 1. The fraction of sp³-hybridized carbons (Fsp3) is 0.296. The molecule has 1 unspecified atom stereocenters. The molecule has 1 atom stereocenters. The Kier molecular flexibility index (Phi) is 7.65. The summed E-state index contributed by atoms with van der Waals surface area (Å²) in [6.45, 7) is 2.88. The number of aliphatic hydroxyl groups is 1. The van der Waals surface area contributed by atoms with Gasteiger partial charge in [0, 0.05) is 13.2 Å². The molecule has 3 aromatic carbocycles. The molecule has 0 saturated heterocycles. The second kappa shape index (κ2) is 10.8. The Morgan fingerprint density at radius 3 is 2.53 bits per heavy atom. The van der Waals surface area contributed by atoms with Crippen molar-refractivity contribution < 1.29 is 19.4 Å². The molecule has 4 rings (SSSR count). The number of aryl methyl sites for hydroxylation is 1. The molecule has 0 spiro atoms. The van der Waals surface area contributed by atoms with Crippen molar-refractivity contribution >= 4 is 24.5 Å². The molecule has 1 heterocycles. The van der Waals surface area contributed by atoms with Crippen LogP contribution in [0.25, 0.3) is 0 Å². The number of hydrogen-bond acceptors (Lipinski definition) is 5. The molecule has 34 heavy (non-hydrogen) atoms. The van der Waals surface area contributed by atoms with Crippen molar-refractivity contribution in [2.24, 2.45) is 0 Å². The van der Waals surface area contributed by atoms with Crippen LogP contribution in [0.3, 0.4) is 0 Å². The lowest BCUT2D eigenvalue weighted by Crippen LogP contribution is -2.45. The lowest BCUT2D eigenvalue weighted by molar-refractivity contribution is 0.158. The fourth-order valence-corrected chi connectivity index (χ4v) is 4.55. The van der Waals surface area contributed by atoms with Gasteiger partial charge in [0.05, 0.1) is 18.8 Å². The predicted octanol–water partition coefficient (Wildman–Crippen LogP) is 5.34. The first-order valence-corrected chi connectivity index (χ1v) is 11.8. The van der Waals surface area contributed by atoms with Gasteiger partial charge in [-0.25, -0.2) is 9.10 Å². The Bertz CT molecular complexity index is 1120. The van der Waals surface area contributed by atoms with Crippen LogP contribution in [0.4, 0.5) is 10.5 Å². The summed E-state index contributed by atoms with van der Waals surface area (Å²) in [5.41, 5.74) is 4.92. The number of carbonyl (C=O) groups is 1. The molecule has 0 fully saturated rings. The lowest BCUT2D eigenvalue weighted by Gasteiger charge is -2.39. The number of rotatable bonds is 7. The average molecular weight is 479 g/mol. The van der Waals surface area contributed by atoms with Gasteiger partial charge in [0.1, 0.15) is 6.61 Å². The summed E-state index contributed by atoms with van der Waals surface area (Å²) < 4.78 is 13.1. The summed E-state index contributed by atoms with van der Waals surface area (Å²) in [6.07, 6.45) is 1.09. The molecule has 0 radical (unpaired) electrons. The quantitative estimate of drug-likeness (QED) is 0.450. The molecule has 1 aliphatic heterocycles. The minimum Gasteiger partial charge on any atom is -0.493 e. The van der Waals surface area contributed by atoms with E-state index in [4.69, 9.17) is 9.47 Å². The van der Waals surface area contributed by atoms with Gasteiger partial charge in [0.2, 0.25) is 0 Å². The minimum absolute atomic E-state index is 0.0444. The maximum absolute atomic E-state index is 13.4. The number of anilines is 1. The number of aliphatic hydroxyl groups excluding tert-OH is 1. The van der Waals surface area contributed by atoms with Crippen molar-refractivity contribution in [3.05, 3.63) is 89.0 Å². The van der Waals surface area contributed by atoms with Gasteiger partial charge in [-0.3, -0.25) is 0 Å². The molecular weight excluding hydrogens is 448 g/mol. The monoisotopic (exact) mass is 478 g/mol. The number of fused-ring (bicyclic) bond motifs is 1. The van der Waals surface area contributed by atoms with E-state index in [9.17, 15) is 9.90 Å². The van der Waals surface area contributed by atoms with E-state index in [1.54, 1.807) is 12.0 Å². The second-order valence-electron chi connectivity index (χ2n) is 8.38.